The highest BCUT2D eigenvalue weighted by molar-refractivity contribution is 5.20. The standard InChI is InChI=1S/C12H18N2/c13-8-11(9-14-12-6-7-12)10-4-2-1-3-5-10/h1-5,11-12,14H,6-9,13H2. The highest BCUT2D eigenvalue weighted by Crippen LogP contribution is 2.20. The average molecular weight is 190 g/mol. The lowest BCUT2D eigenvalue weighted by Gasteiger charge is -2.15. The van der Waals surface area contributed by atoms with E-state index in [0.29, 0.717) is 5.92 Å². The summed E-state index contributed by atoms with van der Waals surface area (Å²) in [6, 6.07) is 11.3. The van der Waals surface area contributed by atoms with Gasteiger partial charge in [0, 0.05) is 25.0 Å². The lowest BCUT2D eigenvalue weighted by molar-refractivity contribution is 0.586. The molecule has 14 heavy (non-hydrogen) atoms. The number of hydrogen-bond acceptors (Lipinski definition) is 2. The zero-order valence-corrected chi connectivity index (χ0v) is 8.45. The third-order valence-corrected chi connectivity index (χ3v) is 2.79. The van der Waals surface area contributed by atoms with Crippen molar-refractivity contribution in [3.8, 4) is 0 Å². The summed E-state index contributed by atoms with van der Waals surface area (Å²) in [5, 5.41) is 3.53. The Balaban J connectivity index is 1.90. The number of nitrogens with two attached hydrogens (primary N) is 1. The molecule has 0 amide bonds. The Morgan fingerprint density at radius 2 is 2.00 bits per heavy atom. The van der Waals surface area contributed by atoms with Crippen LogP contribution in [0.3, 0.4) is 0 Å². The molecule has 3 N–H and O–H groups in total. The molecule has 0 spiro atoms. The van der Waals surface area contributed by atoms with Gasteiger partial charge in [-0.2, -0.15) is 0 Å². The summed E-state index contributed by atoms with van der Waals surface area (Å²) in [5.74, 6) is 0.469. The van der Waals surface area contributed by atoms with Crippen LogP contribution in [0.5, 0.6) is 0 Å². The van der Waals surface area contributed by atoms with Gasteiger partial charge in [0.1, 0.15) is 0 Å². The molecule has 1 aromatic carbocycles. The second-order valence-electron chi connectivity index (χ2n) is 4.03. The lowest BCUT2D eigenvalue weighted by Crippen LogP contribution is -2.28. The van der Waals surface area contributed by atoms with Crippen LogP contribution in [0.1, 0.15) is 24.3 Å². The second kappa shape index (κ2) is 4.58. The third kappa shape index (κ3) is 2.56. The van der Waals surface area contributed by atoms with E-state index < -0.39 is 0 Å². The van der Waals surface area contributed by atoms with E-state index in [2.05, 4.69) is 29.6 Å². The van der Waals surface area contributed by atoms with E-state index >= 15 is 0 Å². The fraction of sp³-hybridized carbons (Fsp3) is 0.500. The first-order valence-electron chi connectivity index (χ1n) is 5.38. The van der Waals surface area contributed by atoms with Crippen molar-refractivity contribution in [1.82, 2.24) is 5.32 Å². The number of benzene rings is 1. The zero-order chi connectivity index (χ0) is 9.80. The van der Waals surface area contributed by atoms with Gasteiger partial charge in [0.15, 0.2) is 0 Å². The second-order valence-corrected chi connectivity index (χ2v) is 4.03. The van der Waals surface area contributed by atoms with Crippen LogP contribution in [0.4, 0.5) is 0 Å². The van der Waals surface area contributed by atoms with Crippen molar-refractivity contribution >= 4 is 0 Å². The van der Waals surface area contributed by atoms with E-state index in [9.17, 15) is 0 Å². The molecule has 2 rings (SSSR count). The molecular formula is C12H18N2. The van der Waals surface area contributed by atoms with Crippen LogP contribution in [-0.4, -0.2) is 19.1 Å². The molecule has 0 aromatic heterocycles. The number of hydrogen-bond donors (Lipinski definition) is 2. The summed E-state index contributed by atoms with van der Waals surface area (Å²) in [6.45, 7) is 1.74. The third-order valence-electron chi connectivity index (χ3n) is 2.79. The van der Waals surface area contributed by atoms with Gasteiger partial charge in [-0.3, -0.25) is 0 Å². The van der Waals surface area contributed by atoms with Crippen LogP contribution in [0, 0.1) is 0 Å². The van der Waals surface area contributed by atoms with E-state index in [1.54, 1.807) is 0 Å². The molecule has 0 saturated heterocycles. The molecule has 76 valence electrons. The average Bonchev–Trinajstić information content (AvgIpc) is 3.04. The van der Waals surface area contributed by atoms with Crippen LogP contribution in [-0.2, 0) is 0 Å². The molecule has 1 fully saturated rings. The van der Waals surface area contributed by atoms with E-state index in [4.69, 9.17) is 5.73 Å². The Hall–Kier alpha value is -0.860. The molecule has 1 atom stereocenters. The van der Waals surface area contributed by atoms with Crippen molar-refractivity contribution in [2.75, 3.05) is 13.1 Å². The van der Waals surface area contributed by atoms with Gasteiger partial charge in [-0.05, 0) is 18.4 Å². The van der Waals surface area contributed by atoms with Crippen molar-refractivity contribution < 1.29 is 0 Å². The Morgan fingerprint density at radius 3 is 2.57 bits per heavy atom. The highest BCUT2D eigenvalue weighted by Gasteiger charge is 2.21. The SMILES string of the molecule is NCC(CNC1CC1)c1ccccc1. The van der Waals surface area contributed by atoms with Crippen LogP contribution in [0.15, 0.2) is 30.3 Å². The van der Waals surface area contributed by atoms with Crippen LogP contribution >= 0.6 is 0 Å². The van der Waals surface area contributed by atoms with Gasteiger partial charge >= 0.3 is 0 Å². The molecule has 1 aliphatic carbocycles. The molecular weight excluding hydrogens is 172 g/mol. The van der Waals surface area contributed by atoms with Gasteiger partial charge in [-0.15, -0.1) is 0 Å². The summed E-state index contributed by atoms with van der Waals surface area (Å²) in [6.07, 6.45) is 2.68. The highest BCUT2D eigenvalue weighted by atomic mass is 14.9. The Morgan fingerprint density at radius 1 is 1.29 bits per heavy atom. The zero-order valence-electron chi connectivity index (χ0n) is 8.45. The number of nitrogens with one attached hydrogen (secondary N) is 1. The van der Waals surface area contributed by atoms with Gasteiger partial charge in [-0.25, -0.2) is 0 Å². The number of rotatable bonds is 5. The summed E-state index contributed by atoms with van der Waals surface area (Å²) >= 11 is 0. The molecule has 1 aromatic rings. The normalized spacial score (nSPS) is 18.1. The van der Waals surface area contributed by atoms with Gasteiger partial charge in [-0.1, -0.05) is 30.3 Å². The van der Waals surface area contributed by atoms with Crippen LogP contribution in [0.25, 0.3) is 0 Å². The predicted molar refractivity (Wildman–Crippen MR) is 59.3 cm³/mol. The molecule has 1 aliphatic rings. The first-order valence-corrected chi connectivity index (χ1v) is 5.38. The minimum Gasteiger partial charge on any atom is -0.330 e. The van der Waals surface area contributed by atoms with Crippen molar-refractivity contribution in [3.05, 3.63) is 35.9 Å². The smallest absolute Gasteiger partial charge is 0.00864 e. The first kappa shape index (κ1) is 9.69. The fourth-order valence-electron chi connectivity index (χ4n) is 1.66. The molecule has 0 radical (unpaired) electrons. The maximum Gasteiger partial charge on any atom is 0.00864 e. The van der Waals surface area contributed by atoms with E-state index in [0.717, 1.165) is 19.1 Å². The van der Waals surface area contributed by atoms with E-state index in [1.807, 2.05) is 6.07 Å². The van der Waals surface area contributed by atoms with Gasteiger partial charge in [0.2, 0.25) is 0 Å². The summed E-state index contributed by atoms with van der Waals surface area (Å²) in [5.41, 5.74) is 7.12. The largest absolute Gasteiger partial charge is 0.330 e. The Kier molecular flexibility index (Phi) is 3.17. The Labute approximate surface area is 85.5 Å². The minimum absolute atomic E-state index is 0.469. The van der Waals surface area contributed by atoms with Gasteiger partial charge in [0.25, 0.3) is 0 Å². The molecule has 1 saturated carbocycles. The van der Waals surface area contributed by atoms with Crippen LogP contribution < -0.4 is 11.1 Å². The molecule has 2 nitrogen and oxygen atoms in total. The summed E-state index contributed by atoms with van der Waals surface area (Å²) < 4.78 is 0. The van der Waals surface area contributed by atoms with Crippen molar-refractivity contribution in [2.45, 2.75) is 24.8 Å². The fourth-order valence-corrected chi connectivity index (χ4v) is 1.66. The van der Waals surface area contributed by atoms with E-state index in [1.165, 1.54) is 18.4 Å². The summed E-state index contributed by atoms with van der Waals surface area (Å²) in [7, 11) is 0. The molecule has 0 aliphatic heterocycles. The lowest BCUT2D eigenvalue weighted by atomic mass is 9.99. The Bertz CT molecular complexity index is 267. The topological polar surface area (TPSA) is 38.0 Å². The molecule has 0 bridgehead atoms. The summed E-state index contributed by atoms with van der Waals surface area (Å²) in [4.78, 5) is 0. The predicted octanol–water partition coefficient (Wildman–Crippen LogP) is 1.48. The van der Waals surface area contributed by atoms with Gasteiger partial charge < -0.3 is 11.1 Å². The van der Waals surface area contributed by atoms with E-state index in [-0.39, 0.29) is 0 Å². The molecule has 2 heteroatoms. The van der Waals surface area contributed by atoms with Crippen molar-refractivity contribution in [3.63, 3.8) is 0 Å². The molecule has 0 heterocycles. The van der Waals surface area contributed by atoms with Crippen LogP contribution in [0.2, 0.25) is 0 Å². The monoisotopic (exact) mass is 190 g/mol. The maximum atomic E-state index is 5.77. The minimum atomic E-state index is 0.469. The maximum absolute atomic E-state index is 5.77. The molecule has 1 unspecified atom stereocenters. The van der Waals surface area contributed by atoms with Crippen molar-refractivity contribution in [2.24, 2.45) is 5.73 Å². The quantitative estimate of drug-likeness (QED) is 0.738. The van der Waals surface area contributed by atoms with Crippen molar-refractivity contribution in [1.29, 1.82) is 0 Å². The first-order chi connectivity index (χ1) is 6.90. The van der Waals surface area contributed by atoms with Gasteiger partial charge in [0.05, 0.1) is 0 Å².